The van der Waals surface area contributed by atoms with Gasteiger partial charge in [-0.2, -0.15) is 0 Å². The number of anilines is 1. The van der Waals surface area contributed by atoms with Gasteiger partial charge in [-0.25, -0.2) is 4.39 Å². The van der Waals surface area contributed by atoms with Crippen molar-refractivity contribution in [3.63, 3.8) is 0 Å². The molecule has 1 aromatic rings. The summed E-state index contributed by atoms with van der Waals surface area (Å²) in [4.78, 5) is 0. The number of nitrogens with one attached hydrogen (secondary N) is 1. The topological polar surface area (TPSA) is 38.0 Å². The minimum atomic E-state index is -0.214. The van der Waals surface area contributed by atoms with E-state index in [9.17, 15) is 4.39 Å². The first-order chi connectivity index (χ1) is 7.17. The van der Waals surface area contributed by atoms with Gasteiger partial charge in [0, 0.05) is 18.3 Å². The van der Waals surface area contributed by atoms with Crippen LogP contribution in [0.15, 0.2) is 24.3 Å². The molecule has 0 amide bonds. The van der Waals surface area contributed by atoms with Crippen LogP contribution in [-0.4, -0.2) is 12.6 Å². The molecule has 0 fully saturated rings. The number of halogens is 1. The highest BCUT2D eigenvalue weighted by Crippen LogP contribution is 2.14. The highest BCUT2D eigenvalue weighted by Gasteiger charge is 2.13. The Hall–Kier alpha value is -1.09. The van der Waals surface area contributed by atoms with Crippen molar-refractivity contribution < 1.29 is 4.39 Å². The fraction of sp³-hybridized carbons (Fsp3) is 0.500. The first-order valence-corrected chi connectivity index (χ1v) is 5.39. The van der Waals surface area contributed by atoms with Crippen LogP contribution in [0.5, 0.6) is 0 Å². The Balaban J connectivity index is 2.62. The maximum Gasteiger partial charge on any atom is 0.123 e. The highest BCUT2D eigenvalue weighted by atomic mass is 19.1. The zero-order chi connectivity index (χ0) is 11.3. The van der Waals surface area contributed by atoms with Gasteiger partial charge in [0.15, 0.2) is 0 Å². The molecule has 0 bridgehead atoms. The van der Waals surface area contributed by atoms with Gasteiger partial charge in [-0.15, -0.1) is 0 Å². The second-order valence-electron chi connectivity index (χ2n) is 3.88. The third-order valence-electron chi connectivity index (χ3n) is 2.78. The lowest BCUT2D eigenvalue weighted by atomic mass is 9.99. The normalized spacial score (nSPS) is 14.7. The number of rotatable bonds is 5. The molecule has 1 rings (SSSR count). The largest absolute Gasteiger partial charge is 0.381 e. The summed E-state index contributed by atoms with van der Waals surface area (Å²) in [7, 11) is 0. The SMILES string of the molecule is CCC(C)C(CN)Nc1ccc(F)cc1. The highest BCUT2D eigenvalue weighted by molar-refractivity contribution is 5.43. The summed E-state index contributed by atoms with van der Waals surface area (Å²) in [5.74, 6) is 0.299. The van der Waals surface area contributed by atoms with Crippen molar-refractivity contribution in [3.8, 4) is 0 Å². The number of benzene rings is 1. The van der Waals surface area contributed by atoms with Crippen LogP contribution in [0.3, 0.4) is 0 Å². The maximum atomic E-state index is 12.7. The molecule has 0 saturated carbocycles. The minimum Gasteiger partial charge on any atom is -0.381 e. The fourth-order valence-corrected chi connectivity index (χ4v) is 1.48. The van der Waals surface area contributed by atoms with E-state index in [1.165, 1.54) is 12.1 Å². The molecule has 0 aromatic heterocycles. The summed E-state index contributed by atoms with van der Waals surface area (Å²) >= 11 is 0. The van der Waals surface area contributed by atoms with Crippen LogP contribution in [0.2, 0.25) is 0 Å². The summed E-state index contributed by atoms with van der Waals surface area (Å²) in [5.41, 5.74) is 6.61. The Morgan fingerprint density at radius 2 is 1.93 bits per heavy atom. The molecule has 2 atom stereocenters. The van der Waals surface area contributed by atoms with Crippen LogP contribution in [0.4, 0.5) is 10.1 Å². The molecule has 0 aliphatic rings. The predicted molar refractivity (Wildman–Crippen MR) is 62.3 cm³/mol. The van der Waals surface area contributed by atoms with Crippen molar-refractivity contribution in [2.24, 2.45) is 11.7 Å². The molecule has 0 aliphatic carbocycles. The molecule has 3 heteroatoms. The monoisotopic (exact) mass is 210 g/mol. The van der Waals surface area contributed by atoms with Gasteiger partial charge in [-0.3, -0.25) is 0 Å². The smallest absolute Gasteiger partial charge is 0.123 e. The van der Waals surface area contributed by atoms with Gasteiger partial charge in [-0.05, 0) is 30.2 Å². The van der Waals surface area contributed by atoms with Crippen molar-refractivity contribution >= 4 is 5.69 Å². The average Bonchev–Trinajstić information content (AvgIpc) is 2.27. The van der Waals surface area contributed by atoms with Gasteiger partial charge in [-0.1, -0.05) is 20.3 Å². The van der Waals surface area contributed by atoms with Gasteiger partial charge in [0.2, 0.25) is 0 Å². The molecule has 0 spiro atoms. The Bertz CT molecular complexity index is 284. The molecule has 0 saturated heterocycles. The molecule has 0 aliphatic heterocycles. The van der Waals surface area contributed by atoms with E-state index in [2.05, 4.69) is 19.2 Å². The van der Waals surface area contributed by atoms with E-state index in [1.54, 1.807) is 12.1 Å². The summed E-state index contributed by atoms with van der Waals surface area (Å²) in [6.45, 7) is 4.89. The second-order valence-corrected chi connectivity index (χ2v) is 3.88. The number of hydrogen-bond acceptors (Lipinski definition) is 2. The van der Waals surface area contributed by atoms with Crippen molar-refractivity contribution in [1.82, 2.24) is 0 Å². The zero-order valence-corrected chi connectivity index (χ0v) is 9.33. The van der Waals surface area contributed by atoms with Crippen molar-refractivity contribution in [2.45, 2.75) is 26.3 Å². The standard InChI is InChI=1S/C12H19FN2/c1-3-9(2)12(8-14)15-11-6-4-10(13)5-7-11/h4-7,9,12,15H,3,8,14H2,1-2H3. The van der Waals surface area contributed by atoms with Crippen LogP contribution in [0, 0.1) is 11.7 Å². The lowest BCUT2D eigenvalue weighted by Crippen LogP contribution is -2.34. The third kappa shape index (κ3) is 3.51. The Labute approximate surface area is 90.7 Å². The molecule has 0 radical (unpaired) electrons. The van der Waals surface area contributed by atoms with Gasteiger partial charge in [0.05, 0.1) is 0 Å². The molecule has 2 unspecified atom stereocenters. The molecular weight excluding hydrogens is 191 g/mol. The van der Waals surface area contributed by atoms with Crippen LogP contribution < -0.4 is 11.1 Å². The molecular formula is C12H19FN2. The van der Waals surface area contributed by atoms with E-state index in [1.807, 2.05) is 0 Å². The fourth-order valence-electron chi connectivity index (χ4n) is 1.48. The lowest BCUT2D eigenvalue weighted by Gasteiger charge is -2.23. The molecule has 15 heavy (non-hydrogen) atoms. The second kappa shape index (κ2) is 5.71. The summed E-state index contributed by atoms with van der Waals surface area (Å²) in [5, 5.41) is 3.31. The number of hydrogen-bond donors (Lipinski definition) is 2. The van der Waals surface area contributed by atoms with E-state index < -0.39 is 0 Å². The van der Waals surface area contributed by atoms with Crippen LogP contribution in [0.1, 0.15) is 20.3 Å². The summed E-state index contributed by atoms with van der Waals surface area (Å²) in [6.07, 6.45) is 1.08. The first kappa shape index (κ1) is 12.0. The zero-order valence-electron chi connectivity index (χ0n) is 9.33. The average molecular weight is 210 g/mol. The Morgan fingerprint density at radius 3 is 2.40 bits per heavy atom. The van der Waals surface area contributed by atoms with Gasteiger partial charge < -0.3 is 11.1 Å². The molecule has 3 N–H and O–H groups in total. The van der Waals surface area contributed by atoms with E-state index in [-0.39, 0.29) is 11.9 Å². The molecule has 84 valence electrons. The van der Waals surface area contributed by atoms with E-state index in [0.717, 1.165) is 12.1 Å². The summed E-state index contributed by atoms with van der Waals surface area (Å²) < 4.78 is 12.7. The minimum absolute atomic E-state index is 0.214. The summed E-state index contributed by atoms with van der Waals surface area (Å²) in [6, 6.07) is 6.63. The van der Waals surface area contributed by atoms with Gasteiger partial charge in [0.1, 0.15) is 5.82 Å². The van der Waals surface area contributed by atoms with Crippen molar-refractivity contribution in [1.29, 1.82) is 0 Å². The Kier molecular flexibility index (Phi) is 4.56. The maximum absolute atomic E-state index is 12.7. The van der Waals surface area contributed by atoms with Crippen LogP contribution in [-0.2, 0) is 0 Å². The third-order valence-corrected chi connectivity index (χ3v) is 2.78. The van der Waals surface area contributed by atoms with E-state index in [4.69, 9.17) is 5.73 Å². The molecule has 1 aromatic carbocycles. The van der Waals surface area contributed by atoms with Crippen molar-refractivity contribution in [2.75, 3.05) is 11.9 Å². The van der Waals surface area contributed by atoms with E-state index in [0.29, 0.717) is 12.5 Å². The predicted octanol–water partition coefficient (Wildman–Crippen LogP) is 2.61. The van der Waals surface area contributed by atoms with E-state index >= 15 is 0 Å². The molecule has 2 nitrogen and oxygen atoms in total. The quantitative estimate of drug-likeness (QED) is 0.784. The number of nitrogens with two attached hydrogens (primary N) is 1. The molecule has 0 heterocycles. The Morgan fingerprint density at radius 1 is 1.33 bits per heavy atom. The van der Waals surface area contributed by atoms with Gasteiger partial charge >= 0.3 is 0 Å². The van der Waals surface area contributed by atoms with Crippen LogP contribution in [0.25, 0.3) is 0 Å². The van der Waals surface area contributed by atoms with Crippen LogP contribution >= 0.6 is 0 Å². The van der Waals surface area contributed by atoms with Gasteiger partial charge in [0.25, 0.3) is 0 Å². The lowest BCUT2D eigenvalue weighted by molar-refractivity contribution is 0.474. The van der Waals surface area contributed by atoms with Crippen molar-refractivity contribution in [3.05, 3.63) is 30.1 Å². The first-order valence-electron chi connectivity index (χ1n) is 5.39.